The van der Waals surface area contributed by atoms with E-state index in [1.165, 1.54) is 39.3 Å². The molecule has 26 heavy (non-hydrogen) atoms. The van der Waals surface area contributed by atoms with Crippen LogP contribution in [-0.4, -0.2) is 37.9 Å². The summed E-state index contributed by atoms with van der Waals surface area (Å²) in [6.45, 7) is 1.44. The maximum absolute atomic E-state index is 13.1. The topological polar surface area (TPSA) is 86.7 Å². The van der Waals surface area contributed by atoms with Crippen LogP contribution in [0.3, 0.4) is 0 Å². The van der Waals surface area contributed by atoms with E-state index in [2.05, 4.69) is 0 Å². The molecule has 1 aliphatic rings. The SMILES string of the molecule is COc1c(C=O)ccc2c1C(=O)c1ccc(CC(C)=O)c(OC)c1C2=O. The van der Waals surface area contributed by atoms with Gasteiger partial charge in [-0.1, -0.05) is 6.07 Å². The average Bonchev–Trinajstić information content (AvgIpc) is 2.63. The van der Waals surface area contributed by atoms with E-state index in [9.17, 15) is 19.2 Å². The van der Waals surface area contributed by atoms with Crippen LogP contribution < -0.4 is 9.47 Å². The van der Waals surface area contributed by atoms with Crippen molar-refractivity contribution in [3.63, 3.8) is 0 Å². The zero-order valence-electron chi connectivity index (χ0n) is 14.5. The number of hydrogen-bond donors (Lipinski definition) is 0. The Bertz CT molecular complexity index is 971. The number of ketones is 3. The van der Waals surface area contributed by atoms with Crippen molar-refractivity contribution in [3.8, 4) is 11.5 Å². The molecule has 6 heteroatoms. The van der Waals surface area contributed by atoms with E-state index in [-0.39, 0.29) is 51.5 Å². The molecule has 0 N–H and O–H groups in total. The number of rotatable bonds is 5. The lowest BCUT2D eigenvalue weighted by Gasteiger charge is -2.23. The van der Waals surface area contributed by atoms with E-state index in [1.807, 2.05) is 0 Å². The molecule has 0 aliphatic heterocycles. The Morgan fingerprint density at radius 1 is 0.923 bits per heavy atom. The van der Waals surface area contributed by atoms with Gasteiger partial charge in [0.05, 0.1) is 30.9 Å². The Labute approximate surface area is 149 Å². The quantitative estimate of drug-likeness (QED) is 0.656. The van der Waals surface area contributed by atoms with Crippen LogP contribution in [-0.2, 0) is 11.2 Å². The Morgan fingerprint density at radius 3 is 1.96 bits per heavy atom. The van der Waals surface area contributed by atoms with Crippen molar-refractivity contribution < 1.29 is 28.7 Å². The molecule has 3 rings (SSSR count). The summed E-state index contributed by atoms with van der Waals surface area (Å²) in [4.78, 5) is 48.8. The number of methoxy groups -OCH3 is 2. The van der Waals surface area contributed by atoms with Crippen molar-refractivity contribution in [2.75, 3.05) is 14.2 Å². The minimum absolute atomic E-state index is 0.0657. The highest BCUT2D eigenvalue weighted by atomic mass is 16.5. The first-order valence-electron chi connectivity index (χ1n) is 7.89. The summed E-state index contributed by atoms with van der Waals surface area (Å²) >= 11 is 0. The van der Waals surface area contributed by atoms with Gasteiger partial charge in [-0.05, 0) is 25.1 Å². The molecule has 0 amide bonds. The van der Waals surface area contributed by atoms with Gasteiger partial charge in [0.15, 0.2) is 17.9 Å². The molecule has 0 unspecified atom stereocenters. The monoisotopic (exact) mass is 352 g/mol. The summed E-state index contributed by atoms with van der Waals surface area (Å²) in [6, 6.07) is 5.98. The molecule has 0 radical (unpaired) electrons. The molecule has 1 aliphatic carbocycles. The van der Waals surface area contributed by atoms with Crippen molar-refractivity contribution in [1.29, 1.82) is 0 Å². The third kappa shape index (κ3) is 2.50. The number of aldehydes is 1. The summed E-state index contributed by atoms with van der Waals surface area (Å²) < 4.78 is 10.6. The Morgan fingerprint density at radius 2 is 1.46 bits per heavy atom. The third-order valence-corrected chi connectivity index (χ3v) is 4.35. The van der Waals surface area contributed by atoms with E-state index in [0.717, 1.165) is 0 Å². The normalized spacial score (nSPS) is 12.3. The number of carbonyl (C=O) groups is 4. The van der Waals surface area contributed by atoms with E-state index >= 15 is 0 Å². The molecule has 0 heterocycles. The first kappa shape index (κ1) is 17.5. The second kappa shape index (κ2) is 6.55. The van der Waals surface area contributed by atoms with Crippen molar-refractivity contribution in [3.05, 3.63) is 57.6 Å². The van der Waals surface area contributed by atoms with E-state index < -0.39 is 11.6 Å². The summed E-state index contributed by atoms with van der Waals surface area (Å²) in [5, 5.41) is 0. The molecule has 0 aromatic heterocycles. The third-order valence-electron chi connectivity index (χ3n) is 4.35. The maximum Gasteiger partial charge on any atom is 0.198 e. The first-order valence-corrected chi connectivity index (χ1v) is 7.89. The fraction of sp³-hybridized carbons (Fsp3) is 0.200. The number of carbonyl (C=O) groups excluding carboxylic acids is 4. The number of Topliss-reactive ketones (excluding diaryl/α,β-unsaturated/α-hetero) is 1. The number of hydrogen-bond acceptors (Lipinski definition) is 6. The van der Waals surface area contributed by atoms with E-state index in [4.69, 9.17) is 9.47 Å². The van der Waals surface area contributed by atoms with Gasteiger partial charge in [-0.2, -0.15) is 0 Å². The minimum atomic E-state index is -0.428. The van der Waals surface area contributed by atoms with Crippen LogP contribution in [0.5, 0.6) is 11.5 Å². The molecule has 0 fully saturated rings. The predicted molar refractivity (Wildman–Crippen MR) is 92.6 cm³/mol. The van der Waals surface area contributed by atoms with E-state index in [0.29, 0.717) is 11.8 Å². The van der Waals surface area contributed by atoms with E-state index in [1.54, 1.807) is 6.07 Å². The lowest BCUT2D eigenvalue weighted by atomic mass is 9.81. The molecule has 0 spiro atoms. The molecule has 0 bridgehead atoms. The number of ether oxygens (including phenoxy) is 2. The van der Waals surface area contributed by atoms with Crippen molar-refractivity contribution in [2.45, 2.75) is 13.3 Å². The smallest absolute Gasteiger partial charge is 0.198 e. The minimum Gasteiger partial charge on any atom is -0.496 e. The zero-order valence-corrected chi connectivity index (χ0v) is 14.5. The summed E-state index contributed by atoms with van der Waals surface area (Å²) in [5.41, 5.74) is 1.23. The van der Waals surface area contributed by atoms with Gasteiger partial charge in [-0.15, -0.1) is 0 Å². The molecular formula is C20H16O6. The van der Waals surface area contributed by atoms with Crippen LogP contribution in [0, 0.1) is 0 Å². The predicted octanol–water partition coefficient (Wildman–Crippen LogP) is 2.42. The Kier molecular flexibility index (Phi) is 4.42. The average molecular weight is 352 g/mol. The van der Waals surface area contributed by atoms with Gasteiger partial charge in [0.2, 0.25) is 0 Å². The van der Waals surface area contributed by atoms with Crippen LogP contribution in [0.4, 0.5) is 0 Å². The van der Waals surface area contributed by atoms with Crippen LogP contribution in [0.1, 0.15) is 54.7 Å². The second-order valence-corrected chi connectivity index (χ2v) is 5.95. The lowest BCUT2D eigenvalue weighted by molar-refractivity contribution is -0.116. The van der Waals surface area contributed by atoms with Gasteiger partial charge in [0, 0.05) is 23.1 Å². The maximum atomic E-state index is 13.1. The lowest BCUT2D eigenvalue weighted by Crippen LogP contribution is -2.24. The Balaban J connectivity index is 2.30. The van der Waals surface area contributed by atoms with Gasteiger partial charge in [-0.3, -0.25) is 19.2 Å². The standard InChI is InChI=1S/C20H16O6/c1-10(22)8-11-4-6-13-15(19(11)25-2)17(23)14-7-5-12(9-21)20(26-3)16(14)18(13)24/h4-7,9H,8H2,1-3H3. The highest BCUT2D eigenvalue weighted by molar-refractivity contribution is 6.30. The largest absolute Gasteiger partial charge is 0.496 e. The van der Waals surface area contributed by atoms with Crippen molar-refractivity contribution in [1.82, 2.24) is 0 Å². The zero-order chi connectivity index (χ0) is 19.0. The van der Waals surface area contributed by atoms with Gasteiger partial charge >= 0.3 is 0 Å². The molecule has 2 aromatic carbocycles. The molecule has 0 atom stereocenters. The van der Waals surface area contributed by atoms with Gasteiger partial charge in [-0.25, -0.2) is 0 Å². The van der Waals surface area contributed by atoms with Crippen molar-refractivity contribution in [2.24, 2.45) is 0 Å². The summed E-state index contributed by atoms with van der Waals surface area (Å²) in [6.07, 6.45) is 0.668. The number of fused-ring (bicyclic) bond motifs is 2. The fourth-order valence-corrected chi connectivity index (χ4v) is 3.28. The molecule has 2 aromatic rings. The molecule has 0 saturated carbocycles. The van der Waals surface area contributed by atoms with Gasteiger partial charge < -0.3 is 9.47 Å². The van der Waals surface area contributed by atoms with Crippen LogP contribution in [0.25, 0.3) is 0 Å². The summed E-state index contributed by atoms with van der Waals surface area (Å²) in [5.74, 6) is -0.626. The van der Waals surface area contributed by atoms with Crippen LogP contribution in [0.15, 0.2) is 24.3 Å². The molecule has 132 valence electrons. The van der Waals surface area contributed by atoms with Gasteiger partial charge in [0.25, 0.3) is 0 Å². The van der Waals surface area contributed by atoms with Crippen molar-refractivity contribution >= 4 is 23.6 Å². The Hall–Kier alpha value is -3.28. The van der Waals surface area contributed by atoms with Crippen LogP contribution >= 0.6 is 0 Å². The number of benzene rings is 2. The van der Waals surface area contributed by atoms with Gasteiger partial charge in [0.1, 0.15) is 17.3 Å². The molecule has 0 saturated heterocycles. The highest BCUT2D eigenvalue weighted by Gasteiger charge is 2.36. The summed E-state index contributed by atoms with van der Waals surface area (Å²) in [7, 11) is 2.73. The molecular weight excluding hydrogens is 336 g/mol. The molecule has 6 nitrogen and oxygen atoms in total. The highest BCUT2D eigenvalue weighted by Crippen LogP contribution is 2.39. The fourth-order valence-electron chi connectivity index (χ4n) is 3.28. The first-order chi connectivity index (χ1) is 12.4. The van der Waals surface area contributed by atoms with Crippen LogP contribution in [0.2, 0.25) is 0 Å². The second-order valence-electron chi connectivity index (χ2n) is 5.95.